The lowest BCUT2D eigenvalue weighted by Gasteiger charge is -2.34. The van der Waals surface area contributed by atoms with Gasteiger partial charge < -0.3 is 5.32 Å². The van der Waals surface area contributed by atoms with E-state index in [1.165, 1.54) is 22.3 Å². The van der Waals surface area contributed by atoms with E-state index < -0.39 is 0 Å². The van der Waals surface area contributed by atoms with E-state index in [-0.39, 0.29) is 0 Å². The number of rotatable bonds is 0. The molecule has 0 unspecified atom stereocenters. The smallest absolute Gasteiger partial charge is 0.0366 e. The summed E-state index contributed by atoms with van der Waals surface area (Å²) in [6, 6.07) is 18.9. The Morgan fingerprint density at radius 3 is 2.39 bits per heavy atom. The van der Waals surface area contributed by atoms with E-state index in [1.807, 2.05) is 0 Å². The van der Waals surface area contributed by atoms with Gasteiger partial charge >= 0.3 is 0 Å². The fraction of sp³-hybridized carbons (Fsp3) is 0.294. The third-order valence-electron chi connectivity index (χ3n) is 4.48. The van der Waals surface area contributed by atoms with Crippen LogP contribution in [0.5, 0.6) is 0 Å². The molecule has 0 saturated carbocycles. The van der Waals surface area contributed by atoms with Crippen LogP contribution in [0.4, 0.5) is 0 Å². The molecule has 2 heterocycles. The number of hydrogen-bond acceptors (Lipinski definition) is 1. The molecule has 0 aromatic heterocycles. The molecule has 90 valence electrons. The van der Waals surface area contributed by atoms with Crippen LogP contribution in [0.15, 0.2) is 48.5 Å². The molecule has 0 fully saturated rings. The van der Waals surface area contributed by atoms with Gasteiger partial charge in [0.05, 0.1) is 0 Å². The Bertz CT molecular complexity index is 602. The lowest BCUT2D eigenvalue weighted by atomic mass is 9.80. The van der Waals surface area contributed by atoms with Gasteiger partial charge in [-0.3, -0.25) is 0 Å². The van der Waals surface area contributed by atoms with Crippen molar-refractivity contribution in [1.29, 1.82) is 0 Å². The summed E-state index contributed by atoms with van der Waals surface area (Å²) >= 11 is 0. The Labute approximate surface area is 108 Å². The third-order valence-corrected chi connectivity index (χ3v) is 4.48. The molecule has 1 aliphatic carbocycles. The Kier molecular flexibility index (Phi) is 2.12. The first kappa shape index (κ1) is 10.3. The minimum atomic E-state index is 0.482. The van der Waals surface area contributed by atoms with Gasteiger partial charge in [0.25, 0.3) is 0 Å². The van der Waals surface area contributed by atoms with Crippen molar-refractivity contribution in [1.82, 2.24) is 5.32 Å². The molecule has 0 radical (unpaired) electrons. The van der Waals surface area contributed by atoms with Crippen molar-refractivity contribution in [3.05, 3.63) is 70.8 Å². The van der Waals surface area contributed by atoms with Crippen molar-refractivity contribution in [3.63, 3.8) is 0 Å². The Morgan fingerprint density at radius 2 is 1.56 bits per heavy atom. The Balaban J connectivity index is 2.02. The maximum atomic E-state index is 3.78. The van der Waals surface area contributed by atoms with Gasteiger partial charge in [0, 0.05) is 18.0 Å². The second kappa shape index (κ2) is 3.69. The molecule has 1 heteroatoms. The fourth-order valence-electron chi connectivity index (χ4n) is 3.73. The average molecular weight is 235 g/mol. The topological polar surface area (TPSA) is 12.0 Å². The van der Waals surface area contributed by atoms with Crippen LogP contribution in [0.25, 0.3) is 0 Å². The van der Waals surface area contributed by atoms with E-state index in [9.17, 15) is 0 Å². The van der Waals surface area contributed by atoms with E-state index in [2.05, 4.69) is 60.8 Å². The predicted octanol–water partition coefficient (Wildman–Crippen LogP) is 3.41. The lowest BCUT2D eigenvalue weighted by molar-refractivity contribution is 0.410. The van der Waals surface area contributed by atoms with Crippen LogP contribution in [0, 0.1) is 0 Å². The minimum absolute atomic E-state index is 0.482. The predicted molar refractivity (Wildman–Crippen MR) is 73.8 cm³/mol. The minimum Gasteiger partial charge on any atom is -0.306 e. The van der Waals surface area contributed by atoms with E-state index in [0.717, 1.165) is 6.42 Å². The monoisotopic (exact) mass is 235 g/mol. The van der Waals surface area contributed by atoms with Crippen molar-refractivity contribution < 1.29 is 0 Å². The highest BCUT2D eigenvalue weighted by Gasteiger charge is 2.37. The van der Waals surface area contributed by atoms with E-state index in [0.29, 0.717) is 18.0 Å². The summed E-state index contributed by atoms with van der Waals surface area (Å²) in [7, 11) is 0. The summed E-state index contributed by atoms with van der Waals surface area (Å²) < 4.78 is 0. The van der Waals surface area contributed by atoms with Crippen molar-refractivity contribution in [3.8, 4) is 0 Å². The summed E-state index contributed by atoms with van der Waals surface area (Å²) in [6.45, 7) is 2.32. The first-order valence-corrected chi connectivity index (χ1v) is 6.77. The van der Waals surface area contributed by atoms with Crippen molar-refractivity contribution in [2.75, 3.05) is 0 Å². The van der Waals surface area contributed by atoms with Gasteiger partial charge in [0.2, 0.25) is 0 Å². The second-order valence-electron chi connectivity index (χ2n) is 5.52. The molecule has 2 aromatic carbocycles. The standard InChI is InChI=1S/C17H17N/c1-11-17-13-7-3-2-6-12(13)10-16(18-11)14-8-4-5-9-15(14)17/h2-9,11,16-18H,10H2,1H3/t11-,16-,17+/m0/s1. The van der Waals surface area contributed by atoms with Gasteiger partial charge in [0.15, 0.2) is 0 Å². The summed E-state index contributed by atoms with van der Waals surface area (Å²) in [5.41, 5.74) is 6.06. The van der Waals surface area contributed by atoms with E-state index in [1.54, 1.807) is 0 Å². The average Bonchev–Trinajstić information content (AvgIpc) is 2.63. The number of fused-ring (bicyclic) bond motifs is 1. The zero-order chi connectivity index (χ0) is 12.1. The molecule has 0 amide bonds. The van der Waals surface area contributed by atoms with Crippen molar-refractivity contribution in [2.45, 2.75) is 31.3 Å². The Morgan fingerprint density at radius 1 is 0.889 bits per heavy atom. The van der Waals surface area contributed by atoms with Gasteiger partial charge in [0.1, 0.15) is 0 Å². The fourth-order valence-corrected chi connectivity index (χ4v) is 3.73. The first-order valence-electron chi connectivity index (χ1n) is 6.77. The number of hydrogen-bond donors (Lipinski definition) is 1. The normalized spacial score (nSPS) is 28.4. The van der Waals surface area contributed by atoms with Gasteiger partial charge in [-0.15, -0.1) is 0 Å². The van der Waals surface area contributed by atoms with Crippen LogP contribution in [-0.4, -0.2) is 6.04 Å². The van der Waals surface area contributed by atoms with Crippen LogP contribution < -0.4 is 5.32 Å². The lowest BCUT2D eigenvalue weighted by Crippen LogP contribution is -2.39. The highest BCUT2D eigenvalue weighted by atomic mass is 15.0. The van der Waals surface area contributed by atoms with E-state index in [4.69, 9.17) is 0 Å². The maximum absolute atomic E-state index is 3.78. The van der Waals surface area contributed by atoms with Crippen LogP contribution in [0.3, 0.4) is 0 Å². The zero-order valence-corrected chi connectivity index (χ0v) is 10.6. The molecule has 5 rings (SSSR count). The molecular formula is C17H17N. The summed E-state index contributed by atoms with van der Waals surface area (Å²) in [4.78, 5) is 0. The van der Waals surface area contributed by atoms with Crippen LogP contribution in [0.1, 0.15) is 41.1 Å². The molecular weight excluding hydrogens is 218 g/mol. The molecule has 1 nitrogen and oxygen atoms in total. The molecule has 2 aromatic rings. The number of nitrogens with one attached hydrogen (secondary N) is 1. The molecule has 18 heavy (non-hydrogen) atoms. The third kappa shape index (κ3) is 1.31. The van der Waals surface area contributed by atoms with Gasteiger partial charge in [-0.2, -0.15) is 0 Å². The van der Waals surface area contributed by atoms with Crippen LogP contribution >= 0.6 is 0 Å². The largest absolute Gasteiger partial charge is 0.306 e. The van der Waals surface area contributed by atoms with Crippen molar-refractivity contribution >= 4 is 0 Å². The second-order valence-corrected chi connectivity index (χ2v) is 5.52. The molecule has 0 spiro atoms. The van der Waals surface area contributed by atoms with Gasteiger partial charge in [-0.25, -0.2) is 0 Å². The van der Waals surface area contributed by atoms with E-state index >= 15 is 0 Å². The highest BCUT2D eigenvalue weighted by molar-refractivity contribution is 5.49. The highest BCUT2D eigenvalue weighted by Crippen LogP contribution is 2.44. The summed E-state index contributed by atoms with van der Waals surface area (Å²) in [5, 5.41) is 3.78. The summed E-state index contributed by atoms with van der Waals surface area (Å²) in [5.74, 6) is 0.510. The molecule has 3 aliphatic rings. The SMILES string of the molecule is C[C@@H]1N[C@H]2Cc3ccccc3[C@@H]1c1ccccc12. The molecule has 3 atom stereocenters. The van der Waals surface area contributed by atoms with Crippen molar-refractivity contribution in [2.24, 2.45) is 0 Å². The van der Waals surface area contributed by atoms with Crippen LogP contribution in [0.2, 0.25) is 0 Å². The van der Waals surface area contributed by atoms with Crippen LogP contribution in [-0.2, 0) is 6.42 Å². The van der Waals surface area contributed by atoms with Gasteiger partial charge in [-0.05, 0) is 35.6 Å². The van der Waals surface area contributed by atoms with Gasteiger partial charge in [-0.1, -0.05) is 48.5 Å². The molecule has 1 N–H and O–H groups in total. The number of benzene rings is 2. The summed E-state index contributed by atoms with van der Waals surface area (Å²) in [6.07, 6.45) is 1.12. The maximum Gasteiger partial charge on any atom is 0.0366 e. The zero-order valence-electron chi connectivity index (χ0n) is 10.6. The Hall–Kier alpha value is -1.60. The quantitative estimate of drug-likeness (QED) is 0.738. The first-order chi connectivity index (χ1) is 8.84. The molecule has 2 bridgehead atoms. The molecule has 2 aliphatic heterocycles. The molecule has 0 saturated heterocycles.